The number of hydrogen-bond acceptors (Lipinski definition) is 3. The monoisotopic (exact) mass is 310 g/mol. The minimum Gasteiger partial charge on any atom is -0.316 e. The molecule has 8 heteroatoms. The number of alkyl halides is 3. The Morgan fingerprint density at radius 1 is 1.25 bits per heavy atom. The summed E-state index contributed by atoms with van der Waals surface area (Å²) in [7, 11) is -1.11. The van der Waals surface area contributed by atoms with Crippen LogP contribution in [0.25, 0.3) is 0 Å². The first-order valence-corrected chi connectivity index (χ1v) is 7.38. The summed E-state index contributed by atoms with van der Waals surface area (Å²) in [6.07, 6.45) is -5.55. The Bertz CT molecular complexity index is 544. The third-order valence-electron chi connectivity index (χ3n) is 2.74. The zero-order valence-electron chi connectivity index (χ0n) is 11.2. The first-order valence-electron chi connectivity index (χ1n) is 5.94. The summed E-state index contributed by atoms with van der Waals surface area (Å²) in [4.78, 5) is 0.0269. The molecule has 0 unspecified atom stereocenters. The van der Waals surface area contributed by atoms with Gasteiger partial charge in [0.15, 0.2) is 0 Å². The van der Waals surface area contributed by atoms with Crippen molar-refractivity contribution in [3.63, 3.8) is 0 Å². The summed E-state index contributed by atoms with van der Waals surface area (Å²) >= 11 is 0. The van der Waals surface area contributed by atoms with Gasteiger partial charge in [-0.2, -0.15) is 13.2 Å². The zero-order valence-corrected chi connectivity index (χ0v) is 12.1. The number of sulfonamides is 1. The molecular formula is C12H17F3N2O2S. The van der Waals surface area contributed by atoms with Crippen LogP contribution < -0.4 is 5.32 Å². The Morgan fingerprint density at radius 2 is 1.85 bits per heavy atom. The standard InChI is InChI=1S/C12H17F3N2O2S/c1-16-9-10-5-3-4-6-11(10)20(18,19)17(2)8-7-12(13,14)15/h3-6,16H,7-9H2,1-2H3. The second-order valence-electron chi connectivity index (χ2n) is 4.33. The van der Waals surface area contributed by atoms with Gasteiger partial charge in [0.25, 0.3) is 0 Å². The summed E-state index contributed by atoms with van der Waals surface area (Å²) in [5.41, 5.74) is 0.522. The first kappa shape index (κ1) is 16.9. The van der Waals surface area contributed by atoms with Gasteiger partial charge in [-0.15, -0.1) is 0 Å². The molecule has 1 N–H and O–H groups in total. The SMILES string of the molecule is CNCc1ccccc1S(=O)(=O)N(C)CCC(F)(F)F. The molecule has 114 valence electrons. The first-order chi connectivity index (χ1) is 9.18. The van der Waals surface area contributed by atoms with Gasteiger partial charge in [-0.05, 0) is 18.7 Å². The van der Waals surface area contributed by atoms with Crippen LogP contribution in [-0.2, 0) is 16.6 Å². The van der Waals surface area contributed by atoms with Crippen LogP contribution in [0.2, 0.25) is 0 Å². The van der Waals surface area contributed by atoms with Crippen LogP contribution in [0.1, 0.15) is 12.0 Å². The summed E-state index contributed by atoms with van der Waals surface area (Å²) in [6, 6.07) is 6.25. The highest BCUT2D eigenvalue weighted by atomic mass is 32.2. The molecule has 0 atom stereocenters. The molecule has 0 aliphatic carbocycles. The predicted octanol–water partition coefficient (Wildman–Crippen LogP) is 1.98. The molecule has 1 rings (SSSR count). The average molecular weight is 310 g/mol. The highest BCUT2D eigenvalue weighted by Crippen LogP contribution is 2.23. The van der Waals surface area contributed by atoms with Crippen LogP contribution in [0.5, 0.6) is 0 Å². The quantitative estimate of drug-likeness (QED) is 0.874. The molecule has 1 aromatic carbocycles. The number of rotatable bonds is 6. The van der Waals surface area contributed by atoms with Crippen molar-refractivity contribution in [2.45, 2.75) is 24.0 Å². The lowest BCUT2D eigenvalue weighted by Gasteiger charge is -2.20. The Labute approximate surface area is 116 Å². The molecule has 0 aromatic heterocycles. The van der Waals surface area contributed by atoms with Crippen molar-refractivity contribution in [1.29, 1.82) is 0 Å². The number of benzene rings is 1. The fraction of sp³-hybridized carbons (Fsp3) is 0.500. The molecular weight excluding hydrogens is 293 g/mol. The Balaban J connectivity index is 2.98. The van der Waals surface area contributed by atoms with Crippen molar-refractivity contribution >= 4 is 10.0 Å². The van der Waals surface area contributed by atoms with E-state index in [1.807, 2.05) is 0 Å². The van der Waals surface area contributed by atoms with Gasteiger partial charge in [0, 0.05) is 20.1 Å². The lowest BCUT2D eigenvalue weighted by atomic mass is 10.2. The molecule has 0 heterocycles. The van der Waals surface area contributed by atoms with E-state index in [1.165, 1.54) is 6.07 Å². The van der Waals surface area contributed by atoms with Gasteiger partial charge in [0.2, 0.25) is 10.0 Å². The summed E-state index contributed by atoms with van der Waals surface area (Å²) in [5.74, 6) is 0. The van der Waals surface area contributed by atoms with Gasteiger partial charge >= 0.3 is 6.18 Å². The highest BCUT2D eigenvalue weighted by Gasteiger charge is 2.31. The highest BCUT2D eigenvalue weighted by molar-refractivity contribution is 7.89. The van der Waals surface area contributed by atoms with Crippen LogP contribution in [0.3, 0.4) is 0 Å². The molecule has 1 aromatic rings. The Morgan fingerprint density at radius 3 is 2.40 bits per heavy atom. The number of halogens is 3. The van der Waals surface area contributed by atoms with Gasteiger partial charge in [-0.3, -0.25) is 0 Å². The smallest absolute Gasteiger partial charge is 0.316 e. The summed E-state index contributed by atoms with van der Waals surface area (Å²) in [5, 5.41) is 2.83. The van der Waals surface area contributed by atoms with E-state index in [4.69, 9.17) is 0 Å². The van der Waals surface area contributed by atoms with Gasteiger partial charge in [-0.25, -0.2) is 12.7 Å². The second-order valence-corrected chi connectivity index (χ2v) is 6.34. The number of nitrogens with zero attached hydrogens (tertiary/aromatic N) is 1. The molecule has 0 saturated carbocycles. The molecule has 20 heavy (non-hydrogen) atoms. The molecule has 0 bridgehead atoms. The molecule has 0 aliphatic rings. The van der Waals surface area contributed by atoms with E-state index in [-0.39, 0.29) is 4.90 Å². The average Bonchev–Trinajstić information content (AvgIpc) is 2.36. The van der Waals surface area contributed by atoms with Crippen LogP contribution in [0.15, 0.2) is 29.2 Å². The van der Waals surface area contributed by atoms with Gasteiger partial charge in [0.1, 0.15) is 0 Å². The van der Waals surface area contributed by atoms with Crippen molar-refractivity contribution in [3.05, 3.63) is 29.8 Å². The maximum atomic E-state index is 12.3. The Kier molecular flexibility index (Phi) is 5.55. The third-order valence-corrected chi connectivity index (χ3v) is 4.70. The van der Waals surface area contributed by atoms with Crippen molar-refractivity contribution < 1.29 is 21.6 Å². The van der Waals surface area contributed by atoms with Gasteiger partial charge in [0.05, 0.1) is 11.3 Å². The Hall–Kier alpha value is -1.12. The molecule has 4 nitrogen and oxygen atoms in total. The third kappa shape index (κ3) is 4.46. The van der Waals surface area contributed by atoms with E-state index in [9.17, 15) is 21.6 Å². The predicted molar refractivity (Wildman–Crippen MR) is 69.7 cm³/mol. The minimum atomic E-state index is -4.38. The van der Waals surface area contributed by atoms with E-state index in [2.05, 4.69) is 5.32 Å². The van der Waals surface area contributed by atoms with E-state index in [0.717, 1.165) is 11.4 Å². The largest absolute Gasteiger partial charge is 0.390 e. The maximum Gasteiger partial charge on any atom is 0.390 e. The van der Waals surface area contributed by atoms with Crippen molar-refractivity contribution in [2.75, 3.05) is 20.6 Å². The van der Waals surface area contributed by atoms with E-state index in [1.54, 1.807) is 25.2 Å². The van der Waals surface area contributed by atoms with Gasteiger partial charge < -0.3 is 5.32 Å². The number of nitrogens with one attached hydrogen (secondary N) is 1. The van der Waals surface area contributed by atoms with E-state index < -0.39 is 29.2 Å². The lowest BCUT2D eigenvalue weighted by molar-refractivity contribution is -0.135. The van der Waals surface area contributed by atoms with Crippen molar-refractivity contribution in [1.82, 2.24) is 9.62 Å². The molecule has 0 aliphatic heterocycles. The summed E-state index contributed by atoms with van der Waals surface area (Å²) in [6.45, 7) is -0.276. The molecule has 0 saturated heterocycles. The number of hydrogen-bond donors (Lipinski definition) is 1. The second kappa shape index (κ2) is 6.55. The zero-order chi connectivity index (χ0) is 15.4. The fourth-order valence-electron chi connectivity index (χ4n) is 1.66. The fourth-order valence-corrected chi connectivity index (χ4v) is 3.05. The van der Waals surface area contributed by atoms with Gasteiger partial charge in [-0.1, -0.05) is 18.2 Å². The summed E-state index contributed by atoms with van der Waals surface area (Å²) < 4.78 is 61.8. The van der Waals surface area contributed by atoms with Crippen LogP contribution in [-0.4, -0.2) is 39.5 Å². The van der Waals surface area contributed by atoms with Crippen molar-refractivity contribution in [3.8, 4) is 0 Å². The molecule has 0 spiro atoms. The van der Waals surface area contributed by atoms with Crippen molar-refractivity contribution in [2.24, 2.45) is 0 Å². The van der Waals surface area contributed by atoms with E-state index >= 15 is 0 Å². The molecule has 0 fully saturated rings. The topological polar surface area (TPSA) is 49.4 Å². The van der Waals surface area contributed by atoms with Crippen LogP contribution in [0.4, 0.5) is 13.2 Å². The minimum absolute atomic E-state index is 0.0269. The van der Waals surface area contributed by atoms with E-state index in [0.29, 0.717) is 12.1 Å². The molecule has 0 radical (unpaired) electrons. The molecule has 0 amide bonds. The lowest BCUT2D eigenvalue weighted by Crippen LogP contribution is -2.31. The van der Waals surface area contributed by atoms with Crippen LogP contribution >= 0.6 is 0 Å². The normalized spacial score (nSPS) is 12.9. The van der Waals surface area contributed by atoms with Crippen LogP contribution in [0, 0.1) is 0 Å². The maximum absolute atomic E-state index is 12.3.